The summed E-state index contributed by atoms with van der Waals surface area (Å²) in [6, 6.07) is 5.08. The van der Waals surface area contributed by atoms with E-state index in [1.54, 1.807) is 25.1 Å². The van der Waals surface area contributed by atoms with Crippen LogP contribution in [0.2, 0.25) is 0 Å². The number of phenolic OH excluding ortho intramolecular Hbond substituents is 1. The van der Waals surface area contributed by atoms with Crippen LogP contribution < -0.4 is 4.74 Å². The van der Waals surface area contributed by atoms with Crippen molar-refractivity contribution in [1.82, 2.24) is 19.9 Å². The predicted molar refractivity (Wildman–Crippen MR) is 64.6 cm³/mol. The summed E-state index contributed by atoms with van der Waals surface area (Å²) in [5.41, 5.74) is 1.82. The fraction of sp³-hybridized carbons (Fsp3) is 0.0833. The number of nitrogens with one attached hydrogen (secondary N) is 1. The van der Waals surface area contributed by atoms with Crippen molar-refractivity contribution in [3.63, 3.8) is 0 Å². The molecule has 0 bridgehead atoms. The summed E-state index contributed by atoms with van der Waals surface area (Å²) in [7, 11) is 0. The molecule has 0 saturated carbocycles. The number of aromatic nitrogens is 4. The Morgan fingerprint density at radius 3 is 3.00 bits per heavy atom. The van der Waals surface area contributed by atoms with Gasteiger partial charge in [-0.2, -0.15) is 4.98 Å². The first kappa shape index (κ1) is 10.5. The fourth-order valence-electron chi connectivity index (χ4n) is 1.64. The van der Waals surface area contributed by atoms with Gasteiger partial charge in [-0.1, -0.05) is 6.07 Å². The number of nitrogens with zero attached hydrogens (tertiary/aromatic N) is 3. The Labute approximate surface area is 102 Å². The Balaban J connectivity index is 2.06. The molecule has 2 heterocycles. The number of fused-ring (bicyclic) bond motifs is 1. The van der Waals surface area contributed by atoms with Crippen LogP contribution >= 0.6 is 0 Å². The average molecular weight is 242 g/mol. The first-order valence-corrected chi connectivity index (χ1v) is 5.36. The van der Waals surface area contributed by atoms with Gasteiger partial charge in [-0.05, 0) is 19.1 Å². The van der Waals surface area contributed by atoms with Crippen LogP contribution in [0.1, 0.15) is 5.56 Å². The highest BCUT2D eigenvalue weighted by Gasteiger charge is 2.10. The number of ether oxygens (including phenoxy) is 1. The zero-order valence-electron chi connectivity index (χ0n) is 9.58. The van der Waals surface area contributed by atoms with E-state index in [1.165, 1.54) is 12.7 Å². The van der Waals surface area contributed by atoms with E-state index in [1.807, 2.05) is 0 Å². The summed E-state index contributed by atoms with van der Waals surface area (Å²) in [5, 5.41) is 9.62. The molecule has 6 nitrogen and oxygen atoms in total. The quantitative estimate of drug-likeness (QED) is 0.719. The summed E-state index contributed by atoms with van der Waals surface area (Å²) in [6.45, 7) is 1.77. The topological polar surface area (TPSA) is 83.9 Å². The van der Waals surface area contributed by atoms with E-state index in [2.05, 4.69) is 19.9 Å². The van der Waals surface area contributed by atoms with Crippen molar-refractivity contribution in [3.05, 3.63) is 36.4 Å². The van der Waals surface area contributed by atoms with Gasteiger partial charge in [0, 0.05) is 5.56 Å². The SMILES string of the molecule is Cc1c(O)cccc1Oc1ncnc2nc[nH]c12. The van der Waals surface area contributed by atoms with Gasteiger partial charge >= 0.3 is 0 Å². The molecule has 0 amide bonds. The Kier molecular flexibility index (Phi) is 2.33. The van der Waals surface area contributed by atoms with Gasteiger partial charge < -0.3 is 14.8 Å². The van der Waals surface area contributed by atoms with Crippen LogP contribution in [-0.4, -0.2) is 25.0 Å². The predicted octanol–water partition coefficient (Wildman–Crippen LogP) is 2.16. The van der Waals surface area contributed by atoms with Crippen LogP contribution in [0.4, 0.5) is 0 Å². The number of imidazole rings is 1. The van der Waals surface area contributed by atoms with Gasteiger partial charge in [0.2, 0.25) is 5.88 Å². The minimum absolute atomic E-state index is 0.183. The lowest BCUT2D eigenvalue weighted by Crippen LogP contribution is -1.92. The molecule has 3 rings (SSSR count). The van der Waals surface area contributed by atoms with Crippen molar-refractivity contribution in [2.45, 2.75) is 6.92 Å². The van der Waals surface area contributed by atoms with Crippen LogP contribution in [0, 0.1) is 6.92 Å². The molecule has 0 saturated heterocycles. The highest BCUT2D eigenvalue weighted by Crippen LogP contribution is 2.31. The molecule has 0 aliphatic carbocycles. The number of rotatable bonds is 2. The maximum absolute atomic E-state index is 9.62. The molecule has 2 aromatic heterocycles. The molecule has 90 valence electrons. The number of H-pyrrole nitrogens is 1. The van der Waals surface area contributed by atoms with E-state index in [9.17, 15) is 5.11 Å². The fourth-order valence-corrected chi connectivity index (χ4v) is 1.64. The number of aromatic hydroxyl groups is 1. The lowest BCUT2D eigenvalue weighted by Gasteiger charge is -2.08. The first-order valence-electron chi connectivity index (χ1n) is 5.36. The second kappa shape index (κ2) is 3.99. The summed E-state index contributed by atoms with van der Waals surface area (Å²) < 4.78 is 5.68. The van der Waals surface area contributed by atoms with Crippen molar-refractivity contribution in [1.29, 1.82) is 0 Å². The normalized spacial score (nSPS) is 10.7. The van der Waals surface area contributed by atoms with Crippen LogP contribution in [0.5, 0.6) is 17.4 Å². The maximum Gasteiger partial charge on any atom is 0.248 e. The molecule has 0 aliphatic rings. The zero-order chi connectivity index (χ0) is 12.5. The average Bonchev–Trinajstić information content (AvgIpc) is 2.84. The second-order valence-corrected chi connectivity index (χ2v) is 3.78. The van der Waals surface area contributed by atoms with Crippen LogP contribution in [0.15, 0.2) is 30.9 Å². The van der Waals surface area contributed by atoms with Gasteiger partial charge in [0.05, 0.1) is 6.33 Å². The summed E-state index contributed by atoms with van der Waals surface area (Å²) in [5.74, 6) is 1.11. The van der Waals surface area contributed by atoms with Crippen LogP contribution in [0.25, 0.3) is 11.2 Å². The van der Waals surface area contributed by atoms with Crippen LogP contribution in [-0.2, 0) is 0 Å². The summed E-state index contributed by atoms with van der Waals surface area (Å²) in [4.78, 5) is 15.0. The summed E-state index contributed by atoms with van der Waals surface area (Å²) >= 11 is 0. The van der Waals surface area contributed by atoms with E-state index >= 15 is 0 Å². The third-order valence-electron chi connectivity index (χ3n) is 2.65. The van der Waals surface area contributed by atoms with Gasteiger partial charge in [-0.15, -0.1) is 0 Å². The number of benzene rings is 1. The minimum Gasteiger partial charge on any atom is -0.508 e. The maximum atomic E-state index is 9.62. The van der Waals surface area contributed by atoms with E-state index in [-0.39, 0.29) is 5.75 Å². The highest BCUT2D eigenvalue weighted by molar-refractivity contribution is 5.75. The van der Waals surface area contributed by atoms with Crippen LogP contribution in [0.3, 0.4) is 0 Å². The van der Waals surface area contributed by atoms with E-state index < -0.39 is 0 Å². The molecular weight excluding hydrogens is 232 g/mol. The van der Waals surface area contributed by atoms with Crippen molar-refractivity contribution < 1.29 is 9.84 Å². The third kappa shape index (κ3) is 1.64. The Bertz CT molecular complexity index is 708. The molecular formula is C12H10N4O2. The van der Waals surface area contributed by atoms with Crippen molar-refractivity contribution in [2.75, 3.05) is 0 Å². The van der Waals surface area contributed by atoms with Gasteiger partial charge in [0.15, 0.2) is 5.65 Å². The van der Waals surface area contributed by atoms with Crippen molar-refractivity contribution >= 4 is 11.2 Å². The molecule has 0 radical (unpaired) electrons. The zero-order valence-corrected chi connectivity index (χ0v) is 9.58. The van der Waals surface area contributed by atoms with Gasteiger partial charge in [-0.3, -0.25) is 0 Å². The standard InChI is InChI=1S/C12H10N4O2/c1-7-8(17)3-2-4-9(7)18-12-10-11(14-5-13-10)15-6-16-12/h2-6,17H,1H3,(H,13,14,15,16). The van der Waals surface area contributed by atoms with E-state index in [4.69, 9.17) is 4.74 Å². The first-order chi connectivity index (χ1) is 8.75. The Hall–Kier alpha value is -2.63. The van der Waals surface area contributed by atoms with Crippen molar-refractivity contribution in [2.24, 2.45) is 0 Å². The molecule has 0 aliphatic heterocycles. The monoisotopic (exact) mass is 242 g/mol. The minimum atomic E-state index is 0.183. The molecule has 2 N–H and O–H groups in total. The van der Waals surface area contributed by atoms with Gasteiger partial charge in [0.1, 0.15) is 23.3 Å². The highest BCUT2D eigenvalue weighted by atomic mass is 16.5. The molecule has 0 unspecified atom stereocenters. The smallest absolute Gasteiger partial charge is 0.248 e. The third-order valence-corrected chi connectivity index (χ3v) is 2.65. The lowest BCUT2D eigenvalue weighted by atomic mass is 10.2. The number of aromatic amines is 1. The second-order valence-electron chi connectivity index (χ2n) is 3.78. The number of hydrogen-bond acceptors (Lipinski definition) is 5. The number of hydrogen-bond donors (Lipinski definition) is 2. The number of phenols is 1. The van der Waals surface area contributed by atoms with E-state index in [0.29, 0.717) is 28.4 Å². The molecule has 0 fully saturated rings. The lowest BCUT2D eigenvalue weighted by molar-refractivity contribution is 0.441. The molecule has 1 aromatic carbocycles. The van der Waals surface area contributed by atoms with E-state index in [0.717, 1.165) is 0 Å². The summed E-state index contributed by atoms with van der Waals surface area (Å²) in [6.07, 6.45) is 2.91. The van der Waals surface area contributed by atoms with Crippen molar-refractivity contribution in [3.8, 4) is 17.4 Å². The van der Waals surface area contributed by atoms with Gasteiger partial charge in [0.25, 0.3) is 0 Å². The molecule has 0 spiro atoms. The molecule has 6 heteroatoms. The molecule has 3 aromatic rings. The molecule has 0 atom stereocenters. The largest absolute Gasteiger partial charge is 0.508 e. The molecule has 18 heavy (non-hydrogen) atoms. The van der Waals surface area contributed by atoms with Gasteiger partial charge in [-0.25, -0.2) is 9.97 Å². The Morgan fingerprint density at radius 2 is 2.11 bits per heavy atom. The Morgan fingerprint density at radius 1 is 1.22 bits per heavy atom.